The molecule has 0 heterocycles. The molecule has 2 amide bonds. The molecule has 2 aromatic rings. The van der Waals surface area contributed by atoms with Crippen LogP contribution in [0.4, 0.5) is 5.69 Å². The van der Waals surface area contributed by atoms with Crippen molar-refractivity contribution in [1.29, 1.82) is 0 Å². The number of unbranched alkanes of at least 4 members (excludes halogenated alkanes) is 1. The van der Waals surface area contributed by atoms with E-state index in [1.807, 2.05) is 60.4 Å². The molecular formula is C21H26N2O2. The second-order valence-electron chi connectivity index (χ2n) is 6.11. The number of carbonyl (C=O) groups is 2. The van der Waals surface area contributed by atoms with Crippen LogP contribution in [0.3, 0.4) is 0 Å². The lowest BCUT2D eigenvalue weighted by molar-refractivity contribution is -0.118. The highest BCUT2D eigenvalue weighted by atomic mass is 16.2. The summed E-state index contributed by atoms with van der Waals surface area (Å²) >= 11 is 0. The van der Waals surface area contributed by atoms with Gasteiger partial charge in [0.2, 0.25) is 5.91 Å². The van der Waals surface area contributed by atoms with Gasteiger partial charge in [0.15, 0.2) is 0 Å². The van der Waals surface area contributed by atoms with E-state index in [1.165, 1.54) is 0 Å². The maximum atomic E-state index is 12.6. The SMILES string of the molecule is CCCCN(C(=O)CCNC(=O)c1cccc(C)c1)c1ccccc1. The van der Waals surface area contributed by atoms with Crippen molar-refractivity contribution in [3.05, 3.63) is 65.7 Å². The summed E-state index contributed by atoms with van der Waals surface area (Å²) < 4.78 is 0. The lowest BCUT2D eigenvalue weighted by Gasteiger charge is -2.23. The first-order valence-electron chi connectivity index (χ1n) is 8.82. The Morgan fingerprint density at radius 1 is 1.04 bits per heavy atom. The van der Waals surface area contributed by atoms with E-state index in [0.717, 1.165) is 24.1 Å². The third-order valence-corrected chi connectivity index (χ3v) is 4.01. The van der Waals surface area contributed by atoms with Crippen LogP contribution < -0.4 is 10.2 Å². The molecule has 4 heteroatoms. The summed E-state index contributed by atoms with van der Waals surface area (Å²) in [5, 5.41) is 2.83. The Kier molecular flexibility index (Phi) is 7.20. The van der Waals surface area contributed by atoms with Crippen LogP contribution in [0.25, 0.3) is 0 Å². The molecule has 0 spiro atoms. The zero-order chi connectivity index (χ0) is 18.1. The third-order valence-electron chi connectivity index (χ3n) is 4.01. The highest BCUT2D eigenvalue weighted by molar-refractivity contribution is 5.96. The standard InChI is InChI=1S/C21H26N2O2/c1-3-4-15-23(19-11-6-5-7-12-19)20(24)13-14-22-21(25)18-10-8-9-17(2)16-18/h5-12,16H,3-4,13-15H2,1-2H3,(H,22,25). The smallest absolute Gasteiger partial charge is 0.251 e. The van der Waals surface area contributed by atoms with E-state index in [1.54, 1.807) is 6.07 Å². The van der Waals surface area contributed by atoms with Gasteiger partial charge in [-0.05, 0) is 37.6 Å². The number of amides is 2. The summed E-state index contributed by atoms with van der Waals surface area (Å²) in [7, 11) is 0. The zero-order valence-electron chi connectivity index (χ0n) is 15.0. The lowest BCUT2D eigenvalue weighted by atomic mass is 10.1. The van der Waals surface area contributed by atoms with Crippen molar-refractivity contribution in [2.24, 2.45) is 0 Å². The normalized spacial score (nSPS) is 10.3. The largest absolute Gasteiger partial charge is 0.352 e. The van der Waals surface area contributed by atoms with Gasteiger partial charge in [-0.2, -0.15) is 0 Å². The summed E-state index contributed by atoms with van der Waals surface area (Å²) in [6.07, 6.45) is 2.27. The average Bonchev–Trinajstić information content (AvgIpc) is 2.63. The summed E-state index contributed by atoms with van der Waals surface area (Å²) in [6.45, 7) is 5.09. The second kappa shape index (κ2) is 9.62. The Hall–Kier alpha value is -2.62. The van der Waals surface area contributed by atoms with Gasteiger partial charge in [-0.25, -0.2) is 0 Å². The van der Waals surface area contributed by atoms with Gasteiger partial charge in [0.25, 0.3) is 5.91 Å². The molecule has 2 rings (SSSR count). The number of rotatable bonds is 8. The Bertz CT molecular complexity index is 698. The second-order valence-corrected chi connectivity index (χ2v) is 6.11. The van der Waals surface area contributed by atoms with Crippen LogP contribution in [0.1, 0.15) is 42.1 Å². The fourth-order valence-electron chi connectivity index (χ4n) is 2.63. The van der Waals surface area contributed by atoms with Gasteiger partial charge < -0.3 is 10.2 Å². The topological polar surface area (TPSA) is 49.4 Å². The van der Waals surface area contributed by atoms with Gasteiger partial charge in [-0.15, -0.1) is 0 Å². The molecule has 0 aliphatic carbocycles. The Labute approximate surface area is 149 Å². The molecule has 132 valence electrons. The summed E-state index contributed by atoms with van der Waals surface area (Å²) in [6, 6.07) is 17.1. The molecule has 25 heavy (non-hydrogen) atoms. The molecule has 0 aliphatic rings. The Morgan fingerprint density at radius 2 is 1.80 bits per heavy atom. The number of nitrogens with one attached hydrogen (secondary N) is 1. The van der Waals surface area contributed by atoms with Crippen LogP contribution in [0.2, 0.25) is 0 Å². The molecule has 0 atom stereocenters. The van der Waals surface area contributed by atoms with Gasteiger partial charge in [0.1, 0.15) is 0 Å². The summed E-state index contributed by atoms with van der Waals surface area (Å²) in [5.74, 6) is -0.111. The van der Waals surface area contributed by atoms with Crippen molar-refractivity contribution in [2.45, 2.75) is 33.1 Å². The first kappa shape index (κ1) is 18.7. The van der Waals surface area contributed by atoms with E-state index < -0.39 is 0 Å². The van der Waals surface area contributed by atoms with Crippen molar-refractivity contribution in [3.63, 3.8) is 0 Å². The maximum absolute atomic E-state index is 12.6. The number of nitrogens with zero attached hydrogens (tertiary/aromatic N) is 1. The van der Waals surface area contributed by atoms with Crippen molar-refractivity contribution < 1.29 is 9.59 Å². The zero-order valence-corrected chi connectivity index (χ0v) is 15.0. The molecule has 0 fully saturated rings. The van der Waals surface area contributed by atoms with E-state index in [0.29, 0.717) is 18.7 Å². The number of para-hydroxylation sites is 1. The monoisotopic (exact) mass is 338 g/mol. The fourth-order valence-corrected chi connectivity index (χ4v) is 2.63. The van der Waals surface area contributed by atoms with E-state index >= 15 is 0 Å². The summed E-state index contributed by atoms with van der Waals surface area (Å²) in [4.78, 5) is 26.6. The van der Waals surface area contributed by atoms with E-state index in [9.17, 15) is 9.59 Å². The minimum atomic E-state index is -0.142. The van der Waals surface area contributed by atoms with Crippen molar-refractivity contribution in [2.75, 3.05) is 18.0 Å². The molecule has 0 aliphatic heterocycles. The molecule has 0 unspecified atom stereocenters. The van der Waals surface area contributed by atoms with Gasteiger partial charge in [0.05, 0.1) is 0 Å². The van der Waals surface area contributed by atoms with Crippen LogP contribution in [0.15, 0.2) is 54.6 Å². The fraction of sp³-hybridized carbons (Fsp3) is 0.333. The number of anilines is 1. The Morgan fingerprint density at radius 3 is 2.48 bits per heavy atom. The molecule has 1 N–H and O–H groups in total. The summed E-state index contributed by atoms with van der Waals surface area (Å²) in [5.41, 5.74) is 2.57. The molecule has 2 aromatic carbocycles. The third kappa shape index (κ3) is 5.75. The highest BCUT2D eigenvalue weighted by Gasteiger charge is 2.15. The lowest BCUT2D eigenvalue weighted by Crippen LogP contribution is -2.35. The molecular weight excluding hydrogens is 312 g/mol. The quantitative estimate of drug-likeness (QED) is 0.792. The van der Waals surface area contributed by atoms with Crippen LogP contribution in [-0.4, -0.2) is 24.9 Å². The molecule has 4 nitrogen and oxygen atoms in total. The van der Waals surface area contributed by atoms with Crippen LogP contribution in [0.5, 0.6) is 0 Å². The molecule has 0 saturated carbocycles. The molecule has 0 saturated heterocycles. The van der Waals surface area contributed by atoms with E-state index in [-0.39, 0.29) is 18.2 Å². The highest BCUT2D eigenvalue weighted by Crippen LogP contribution is 2.15. The average molecular weight is 338 g/mol. The number of hydrogen-bond donors (Lipinski definition) is 1. The maximum Gasteiger partial charge on any atom is 0.251 e. The van der Waals surface area contributed by atoms with E-state index in [2.05, 4.69) is 12.2 Å². The van der Waals surface area contributed by atoms with Crippen LogP contribution >= 0.6 is 0 Å². The predicted octanol–water partition coefficient (Wildman–Crippen LogP) is 3.95. The van der Waals surface area contributed by atoms with Gasteiger partial charge in [-0.1, -0.05) is 49.2 Å². The van der Waals surface area contributed by atoms with Crippen molar-refractivity contribution in [1.82, 2.24) is 5.32 Å². The van der Waals surface area contributed by atoms with Gasteiger partial charge in [0, 0.05) is 30.8 Å². The van der Waals surface area contributed by atoms with E-state index in [4.69, 9.17) is 0 Å². The minimum Gasteiger partial charge on any atom is -0.352 e. The van der Waals surface area contributed by atoms with Gasteiger partial charge in [-0.3, -0.25) is 9.59 Å². The molecule has 0 bridgehead atoms. The number of aryl methyl sites for hydroxylation is 1. The Balaban J connectivity index is 1.91. The predicted molar refractivity (Wildman–Crippen MR) is 102 cm³/mol. The number of hydrogen-bond acceptors (Lipinski definition) is 2. The van der Waals surface area contributed by atoms with Crippen LogP contribution in [0, 0.1) is 6.92 Å². The molecule has 0 aromatic heterocycles. The minimum absolute atomic E-state index is 0.0317. The molecule has 0 radical (unpaired) electrons. The van der Waals surface area contributed by atoms with Crippen molar-refractivity contribution in [3.8, 4) is 0 Å². The van der Waals surface area contributed by atoms with Gasteiger partial charge >= 0.3 is 0 Å². The number of carbonyl (C=O) groups excluding carboxylic acids is 2. The number of benzene rings is 2. The first-order valence-corrected chi connectivity index (χ1v) is 8.82. The van der Waals surface area contributed by atoms with Crippen molar-refractivity contribution >= 4 is 17.5 Å². The van der Waals surface area contributed by atoms with Crippen LogP contribution in [-0.2, 0) is 4.79 Å². The first-order chi connectivity index (χ1) is 12.1.